The molecule has 1 heterocycles. The van der Waals surface area contributed by atoms with Gasteiger partial charge in [0.1, 0.15) is 5.82 Å². The largest absolute Gasteiger partial charge is 0.297 e. The summed E-state index contributed by atoms with van der Waals surface area (Å²) in [6, 6.07) is 21.0. The Balaban J connectivity index is 1.83. The molecule has 0 spiro atoms. The lowest BCUT2D eigenvalue weighted by molar-refractivity contribution is 0.592. The molecule has 0 bridgehead atoms. The molecule has 0 amide bonds. The molecule has 3 aromatic rings. The Bertz CT molecular complexity index is 775. The first kappa shape index (κ1) is 14.7. The zero-order valence-corrected chi connectivity index (χ0v) is 13.4. The number of hydrogen-bond donors (Lipinski definition) is 1. The molecular formula is C18H19N3S. The van der Waals surface area contributed by atoms with E-state index in [1.54, 1.807) is 0 Å². The second-order valence-electron chi connectivity index (χ2n) is 5.39. The molecule has 2 aromatic carbocycles. The smallest absolute Gasteiger partial charge is 0.195 e. The minimum absolute atomic E-state index is 0.179. The van der Waals surface area contributed by atoms with E-state index in [4.69, 9.17) is 12.2 Å². The highest BCUT2D eigenvalue weighted by atomic mass is 32.1. The van der Waals surface area contributed by atoms with E-state index in [9.17, 15) is 0 Å². The molecule has 1 aromatic heterocycles. The van der Waals surface area contributed by atoms with Crippen LogP contribution < -0.4 is 0 Å². The van der Waals surface area contributed by atoms with Gasteiger partial charge in [-0.2, -0.15) is 5.10 Å². The van der Waals surface area contributed by atoms with Crippen molar-refractivity contribution in [3.8, 4) is 0 Å². The molecule has 0 aliphatic heterocycles. The third-order valence-electron chi connectivity index (χ3n) is 3.93. The van der Waals surface area contributed by atoms with Crippen LogP contribution in [0.2, 0.25) is 0 Å². The molecule has 0 aliphatic carbocycles. The Kier molecular flexibility index (Phi) is 4.49. The number of nitrogens with zero attached hydrogens (tertiary/aromatic N) is 2. The molecule has 3 rings (SSSR count). The van der Waals surface area contributed by atoms with E-state index in [0.29, 0.717) is 4.77 Å². The van der Waals surface area contributed by atoms with Crippen LogP contribution in [-0.4, -0.2) is 14.8 Å². The van der Waals surface area contributed by atoms with Gasteiger partial charge in [0.05, 0.1) is 6.04 Å². The molecular weight excluding hydrogens is 290 g/mol. The monoisotopic (exact) mass is 309 g/mol. The number of aromatic nitrogens is 3. The number of hydrogen-bond acceptors (Lipinski definition) is 2. The Labute approximate surface area is 135 Å². The second-order valence-corrected chi connectivity index (χ2v) is 5.77. The van der Waals surface area contributed by atoms with Gasteiger partial charge in [-0.1, -0.05) is 60.7 Å². The van der Waals surface area contributed by atoms with Crippen molar-refractivity contribution in [2.75, 3.05) is 0 Å². The first-order valence-corrected chi connectivity index (χ1v) is 7.91. The highest BCUT2D eigenvalue weighted by Crippen LogP contribution is 2.20. The van der Waals surface area contributed by atoms with Crippen molar-refractivity contribution in [2.24, 2.45) is 0 Å². The van der Waals surface area contributed by atoms with Crippen molar-refractivity contribution in [2.45, 2.75) is 25.8 Å². The van der Waals surface area contributed by atoms with Gasteiger partial charge >= 0.3 is 0 Å². The third-order valence-corrected chi connectivity index (χ3v) is 4.21. The lowest BCUT2D eigenvalue weighted by atomic mass is 10.1. The Hall–Kier alpha value is -2.20. The van der Waals surface area contributed by atoms with Crippen LogP contribution in [0.5, 0.6) is 0 Å². The first-order chi connectivity index (χ1) is 10.8. The minimum Gasteiger partial charge on any atom is -0.297 e. The molecule has 0 unspecified atom stereocenters. The van der Waals surface area contributed by atoms with Gasteiger partial charge in [0, 0.05) is 6.42 Å². The number of nitrogens with one attached hydrogen (secondary N) is 1. The third kappa shape index (κ3) is 3.17. The van der Waals surface area contributed by atoms with Gasteiger partial charge in [0.25, 0.3) is 0 Å². The normalized spacial score (nSPS) is 12.2. The molecule has 22 heavy (non-hydrogen) atoms. The number of rotatable bonds is 5. The molecule has 1 N–H and O–H groups in total. The fourth-order valence-corrected chi connectivity index (χ4v) is 3.00. The van der Waals surface area contributed by atoms with Gasteiger partial charge < -0.3 is 0 Å². The summed E-state index contributed by atoms with van der Waals surface area (Å²) in [6.45, 7) is 2.16. The fraction of sp³-hybridized carbons (Fsp3) is 0.222. The van der Waals surface area contributed by atoms with Crippen LogP contribution in [0.25, 0.3) is 0 Å². The van der Waals surface area contributed by atoms with Crippen LogP contribution in [0.4, 0.5) is 0 Å². The molecule has 0 aliphatic rings. The first-order valence-electron chi connectivity index (χ1n) is 7.50. The van der Waals surface area contributed by atoms with Gasteiger partial charge in [-0.25, -0.2) is 0 Å². The standard InChI is InChI=1S/C18H19N3S/c1-14(16-10-6-3-7-11-16)21-17(19-20-18(21)22)13-12-15-8-4-2-5-9-15/h2-11,14H,12-13H2,1H3,(H,20,22)/t14-/m0/s1. The summed E-state index contributed by atoms with van der Waals surface area (Å²) in [5.41, 5.74) is 2.55. The maximum absolute atomic E-state index is 5.42. The molecule has 0 saturated heterocycles. The van der Waals surface area contributed by atoms with Crippen LogP contribution in [0.15, 0.2) is 60.7 Å². The number of benzene rings is 2. The van der Waals surface area contributed by atoms with Crippen molar-refractivity contribution < 1.29 is 0 Å². The van der Waals surface area contributed by atoms with E-state index >= 15 is 0 Å². The topological polar surface area (TPSA) is 33.6 Å². The molecule has 0 fully saturated rings. The molecule has 1 atom stereocenters. The van der Waals surface area contributed by atoms with Crippen LogP contribution >= 0.6 is 12.2 Å². The molecule has 0 radical (unpaired) electrons. The number of aryl methyl sites for hydroxylation is 2. The molecule has 112 valence electrons. The molecule has 3 nitrogen and oxygen atoms in total. The quantitative estimate of drug-likeness (QED) is 0.711. The van der Waals surface area contributed by atoms with Crippen molar-refractivity contribution in [3.05, 3.63) is 82.4 Å². The fourth-order valence-electron chi connectivity index (χ4n) is 2.69. The Morgan fingerprint density at radius 2 is 1.64 bits per heavy atom. The van der Waals surface area contributed by atoms with Gasteiger partial charge in [0.15, 0.2) is 4.77 Å². The van der Waals surface area contributed by atoms with Gasteiger partial charge in [-0.3, -0.25) is 9.67 Å². The summed E-state index contributed by atoms with van der Waals surface area (Å²) in [6.07, 6.45) is 1.83. The summed E-state index contributed by atoms with van der Waals surface area (Å²) >= 11 is 5.42. The maximum Gasteiger partial charge on any atom is 0.195 e. The van der Waals surface area contributed by atoms with Crippen LogP contribution in [0.3, 0.4) is 0 Å². The molecule has 4 heteroatoms. The summed E-state index contributed by atoms with van der Waals surface area (Å²) < 4.78 is 2.80. The van der Waals surface area contributed by atoms with Gasteiger partial charge in [-0.05, 0) is 36.7 Å². The maximum atomic E-state index is 5.42. The molecule has 0 saturated carbocycles. The lowest BCUT2D eigenvalue weighted by Gasteiger charge is -2.16. The Morgan fingerprint density at radius 3 is 2.32 bits per heavy atom. The summed E-state index contributed by atoms with van der Waals surface area (Å²) in [4.78, 5) is 0. The highest BCUT2D eigenvalue weighted by molar-refractivity contribution is 7.71. The summed E-state index contributed by atoms with van der Waals surface area (Å²) in [5, 5.41) is 7.36. The average molecular weight is 309 g/mol. The predicted molar refractivity (Wildman–Crippen MR) is 91.5 cm³/mol. The zero-order chi connectivity index (χ0) is 15.4. The number of aromatic amines is 1. The van der Waals surface area contributed by atoms with Gasteiger partial charge in [-0.15, -0.1) is 0 Å². The predicted octanol–water partition coefficient (Wildman–Crippen LogP) is 4.34. The summed E-state index contributed by atoms with van der Waals surface area (Å²) in [5.74, 6) is 1.00. The average Bonchev–Trinajstić information content (AvgIpc) is 2.95. The SMILES string of the molecule is C[C@@H](c1ccccc1)n1c(CCc2ccccc2)n[nH]c1=S. The van der Waals surface area contributed by atoms with E-state index in [0.717, 1.165) is 18.7 Å². The van der Waals surface area contributed by atoms with Gasteiger partial charge in [0.2, 0.25) is 0 Å². The minimum atomic E-state index is 0.179. The van der Waals surface area contributed by atoms with Crippen LogP contribution in [0, 0.1) is 4.77 Å². The summed E-state index contributed by atoms with van der Waals surface area (Å²) in [7, 11) is 0. The van der Waals surface area contributed by atoms with E-state index in [1.165, 1.54) is 11.1 Å². The highest BCUT2D eigenvalue weighted by Gasteiger charge is 2.14. The van der Waals surface area contributed by atoms with Crippen molar-refractivity contribution in [3.63, 3.8) is 0 Å². The lowest BCUT2D eigenvalue weighted by Crippen LogP contribution is -2.11. The van der Waals surface area contributed by atoms with E-state index < -0.39 is 0 Å². The van der Waals surface area contributed by atoms with Crippen molar-refractivity contribution in [1.29, 1.82) is 0 Å². The van der Waals surface area contributed by atoms with E-state index in [1.807, 2.05) is 12.1 Å². The van der Waals surface area contributed by atoms with Crippen molar-refractivity contribution >= 4 is 12.2 Å². The Morgan fingerprint density at radius 1 is 1.00 bits per heavy atom. The van der Waals surface area contributed by atoms with E-state index in [2.05, 4.69) is 70.2 Å². The zero-order valence-electron chi connectivity index (χ0n) is 12.6. The van der Waals surface area contributed by atoms with Crippen LogP contribution in [-0.2, 0) is 12.8 Å². The second kappa shape index (κ2) is 6.71. The van der Waals surface area contributed by atoms with Crippen LogP contribution in [0.1, 0.15) is 29.9 Å². The van der Waals surface area contributed by atoms with E-state index in [-0.39, 0.29) is 6.04 Å². The van der Waals surface area contributed by atoms with Crippen molar-refractivity contribution in [1.82, 2.24) is 14.8 Å². The number of H-pyrrole nitrogens is 1.